The number of carboxylic acid groups (broad SMARTS) is 1. The van der Waals surface area contributed by atoms with Crippen molar-refractivity contribution in [3.8, 4) is 5.75 Å². The number of benzene rings is 2. The first-order valence-corrected chi connectivity index (χ1v) is 7.56. The average molecular weight is 342 g/mol. The van der Waals surface area contributed by atoms with Gasteiger partial charge in [-0.3, -0.25) is 14.4 Å². The quantitative estimate of drug-likeness (QED) is 0.717. The minimum absolute atomic E-state index is 0.169. The zero-order valence-corrected chi connectivity index (χ0v) is 13.6. The highest BCUT2D eigenvalue weighted by molar-refractivity contribution is 6.10. The van der Waals surface area contributed by atoms with E-state index in [1.54, 1.807) is 48.5 Å². The maximum atomic E-state index is 12.5. The molecule has 2 amide bonds. The molecule has 25 heavy (non-hydrogen) atoms. The van der Waals surface area contributed by atoms with Crippen LogP contribution in [0.2, 0.25) is 0 Å². The number of nitrogens with one attached hydrogen (secondary N) is 2. The Bertz CT molecular complexity index is 789. The van der Waals surface area contributed by atoms with Gasteiger partial charge in [-0.1, -0.05) is 24.3 Å². The van der Waals surface area contributed by atoms with Gasteiger partial charge in [0.15, 0.2) is 0 Å². The molecule has 0 aliphatic carbocycles. The van der Waals surface area contributed by atoms with Crippen LogP contribution >= 0.6 is 0 Å². The number of aliphatic carboxylic acids is 1. The lowest BCUT2D eigenvalue weighted by atomic mass is 10.1. The SMILES string of the molecule is COc1ccccc1NC(=O)c1ccccc1NC(=O)CCC(=O)O. The monoisotopic (exact) mass is 342 g/mol. The third-order valence-electron chi connectivity index (χ3n) is 3.37. The highest BCUT2D eigenvalue weighted by Gasteiger charge is 2.15. The van der Waals surface area contributed by atoms with Crippen molar-refractivity contribution in [2.45, 2.75) is 12.8 Å². The fourth-order valence-corrected chi connectivity index (χ4v) is 2.16. The van der Waals surface area contributed by atoms with E-state index in [1.807, 2.05) is 0 Å². The van der Waals surface area contributed by atoms with Gasteiger partial charge in [0.2, 0.25) is 5.91 Å². The Kier molecular flexibility index (Phi) is 6.11. The van der Waals surface area contributed by atoms with Crippen LogP contribution in [-0.4, -0.2) is 30.0 Å². The van der Waals surface area contributed by atoms with Crippen LogP contribution < -0.4 is 15.4 Å². The second-order valence-corrected chi connectivity index (χ2v) is 5.14. The third kappa shape index (κ3) is 5.07. The van der Waals surface area contributed by atoms with Gasteiger partial charge in [0.25, 0.3) is 5.91 Å². The molecule has 0 heterocycles. The van der Waals surface area contributed by atoms with Crippen LogP contribution in [0.5, 0.6) is 5.75 Å². The number of hydrogen-bond acceptors (Lipinski definition) is 4. The summed E-state index contributed by atoms with van der Waals surface area (Å²) in [6.45, 7) is 0. The predicted octanol–water partition coefficient (Wildman–Crippen LogP) is 2.75. The van der Waals surface area contributed by atoms with E-state index < -0.39 is 17.8 Å². The van der Waals surface area contributed by atoms with E-state index in [0.717, 1.165) is 0 Å². The summed E-state index contributed by atoms with van der Waals surface area (Å²) in [6.07, 6.45) is -0.445. The van der Waals surface area contributed by atoms with E-state index in [1.165, 1.54) is 7.11 Å². The summed E-state index contributed by atoms with van der Waals surface area (Å²) < 4.78 is 5.19. The largest absolute Gasteiger partial charge is 0.495 e. The maximum absolute atomic E-state index is 12.5. The number of para-hydroxylation sites is 3. The topological polar surface area (TPSA) is 105 Å². The minimum Gasteiger partial charge on any atom is -0.495 e. The Labute approximate surface area is 144 Å². The highest BCUT2D eigenvalue weighted by atomic mass is 16.5. The van der Waals surface area contributed by atoms with E-state index in [2.05, 4.69) is 10.6 Å². The molecule has 7 heteroatoms. The molecule has 0 aliphatic heterocycles. The highest BCUT2D eigenvalue weighted by Crippen LogP contribution is 2.25. The fraction of sp³-hybridized carbons (Fsp3) is 0.167. The van der Waals surface area contributed by atoms with Crippen molar-refractivity contribution in [3.63, 3.8) is 0 Å². The zero-order chi connectivity index (χ0) is 18.2. The van der Waals surface area contributed by atoms with Gasteiger partial charge >= 0.3 is 5.97 Å². The number of ether oxygens (including phenoxy) is 1. The normalized spacial score (nSPS) is 9.96. The fourth-order valence-electron chi connectivity index (χ4n) is 2.16. The summed E-state index contributed by atoms with van der Waals surface area (Å²) in [5, 5.41) is 13.9. The summed E-state index contributed by atoms with van der Waals surface area (Å²) in [7, 11) is 1.50. The molecule has 130 valence electrons. The van der Waals surface area contributed by atoms with Crippen molar-refractivity contribution in [2.75, 3.05) is 17.7 Å². The molecule has 0 saturated carbocycles. The first kappa shape index (κ1) is 18.0. The lowest BCUT2D eigenvalue weighted by Gasteiger charge is -2.13. The molecule has 7 nitrogen and oxygen atoms in total. The van der Waals surface area contributed by atoms with Crippen LogP contribution in [0.25, 0.3) is 0 Å². The van der Waals surface area contributed by atoms with E-state index in [0.29, 0.717) is 17.1 Å². The molecule has 2 aromatic rings. The van der Waals surface area contributed by atoms with E-state index in [-0.39, 0.29) is 18.4 Å². The first-order chi connectivity index (χ1) is 12.0. The minimum atomic E-state index is -1.06. The molecule has 0 fully saturated rings. The van der Waals surface area contributed by atoms with E-state index >= 15 is 0 Å². The first-order valence-electron chi connectivity index (χ1n) is 7.56. The van der Waals surface area contributed by atoms with Gasteiger partial charge in [-0.25, -0.2) is 0 Å². The number of carboxylic acids is 1. The van der Waals surface area contributed by atoms with E-state index in [4.69, 9.17) is 9.84 Å². The average Bonchev–Trinajstić information content (AvgIpc) is 2.61. The molecule has 0 radical (unpaired) electrons. The molecular formula is C18H18N2O5. The van der Waals surface area contributed by atoms with Crippen LogP contribution in [0.1, 0.15) is 23.2 Å². The lowest BCUT2D eigenvalue weighted by Crippen LogP contribution is -2.18. The van der Waals surface area contributed by atoms with Gasteiger partial charge < -0.3 is 20.5 Å². The van der Waals surface area contributed by atoms with Crippen molar-refractivity contribution in [1.82, 2.24) is 0 Å². The van der Waals surface area contributed by atoms with Gasteiger partial charge in [-0.2, -0.15) is 0 Å². The van der Waals surface area contributed by atoms with Gasteiger partial charge in [0.05, 0.1) is 30.5 Å². The molecule has 0 bridgehead atoms. The maximum Gasteiger partial charge on any atom is 0.303 e. The Morgan fingerprint density at radius 1 is 0.920 bits per heavy atom. The van der Waals surface area contributed by atoms with Crippen LogP contribution in [0.3, 0.4) is 0 Å². The van der Waals surface area contributed by atoms with Crippen molar-refractivity contribution in [3.05, 3.63) is 54.1 Å². The molecule has 2 aromatic carbocycles. The zero-order valence-electron chi connectivity index (χ0n) is 13.6. The van der Waals surface area contributed by atoms with Crippen molar-refractivity contribution >= 4 is 29.2 Å². The van der Waals surface area contributed by atoms with Gasteiger partial charge in [-0.15, -0.1) is 0 Å². The van der Waals surface area contributed by atoms with Gasteiger partial charge in [0.1, 0.15) is 5.75 Å². The summed E-state index contributed by atoms with van der Waals surface area (Å²) in [6, 6.07) is 13.5. The second-order valence-electron chi connectivity index (χ2n) is 5.14. The molecule has 0 aliphatic rings. The number of methoxy groups -OCH3 is 1. The molecule has 2 rings (SSSR count). The smallest absolute Gasteiger partial charge is 0.303 e. The molecule has 3 N–H and O–H groups in total. The van der Waals surface area contributed by atoms with Crippen LogP contribution in [0.4, 0.5) is 11.4 Å². The Hall–Kier alpha value is -3.35. The van der Waals surface area contributed by atoms with Gasteiger partial charge in [0, 0.05) is 6.42 Å². The number of carbonyl (C=O) groups is 3. The van der Waals surface area contributed by atoms with Crippen LogP contribution in [0.15, 0.2) is 48.5 Å². The Morgan fingerprint density at radius 3 is 2.24 bits per heavy atom. The standard InChI is InChI=1S/C18H18N2O5/c1-25-15-9-5-4-8-14(15)20-18(24)12-6-2-3-7-13(12)19-16(21)10-11-17(22)23/h2-9H,10-11H2,1H3,(H,19,21)(H,20,24)(H,22,23). The number of amides is 2. The molecule has 0 unspecified atom stereocenters. The number of carbonyl (C=O) groups excluding carboxylic acids is 2. The molecule has 0 spiro atoms. The lowest BCUT2D eigenvalue weighted by molar-refractivity contribution is -0.138. The van der Waals surface area contributed by atoms with Gasteiger partial charge in [-0.05, 0) is 24.3 Å². The Balaban J connectivity index is 2.15. The second kappa shape index (κ2) is 8.49. The van der Waals surface area contributed by atoms with Crippen molar-refractivity contribution in [2.24, 2.45) is 0 Å². The molecular weight excluding hydrogens is 324 g/mol. The molecule has 0 aromatic heterocycles. The number of anilines is 2. The number of hydrogen-bond donors (Lipinski definition) is 3. The molecule has 0 saturated heterocycles. The van der Waals surface area contributed by atoms with Crippen LogP contribution in [0, 0.1) is 0 Å². The third-order valence-corrected chi connectivity index (χ3v) is 3.37. The summed E-state index contributed by atoms with van der Waals surface area (Å²) in [5.41, 5.74) is 1.07. The van der Waals surface area contributed by atoms with Crippen LogP contribution in [-0.2, 0) is 9.59 Å². The summed E-state index contributed by atoms with van der Waals surface area (Å²) in [5.74, 6) is -1.44. The summed E-state index contributed by atoms with van der Waals surface area (Å²) >= 11 is 0. The Morgan fingerprint density at radius 2 is 1.56 bits per heavy atom. The number of rotatable bonds is 7. The van der Waals surface area contributed by atoms with E-state index in [9.17, 15) is 14.4 Å². The van der Waals surface area contributed by atoms with Crippen molar-refractivity contribution < 1.29 is 24.2 Å². The van der Waals surface area contributed by atoms with Crippen molar-refractivity contribution in [1.29, 1.82) is 0 Å². The summed E-state index contributed by atoms with van der Waals surface area (Å²) in [4.78, 5) is 34.9. The molecule has 0 atom stereocenters. The predicted molar refractivity (Wildman–Crippen MR) is 92.9 cm³/mol.